The molecule has 0 aromatic heterocycles. The smallest absolute Gasteiger partial charge is 0.176 e. The Morgan fingerprint density at radius 1 is 1.25 bits per heavy atom. The summed E-state index contributed by atoms with van der Waals surface area (Å²) in [6.07, 6.45) is -2.67. The summed E-state index contributed by atoms with van der Waals surface area (Å²) in [5, 5.41) is 2.02. The van der Waals surface area contributed by atoms with Crippen LogP contribution in [0.15, 0.2) is 0 Å². The van der Waals surface area contributed by atoms with Crippen LogP contribution in [0.2, 0.25) is 0 Å². The van der Waals surface area contributed by atoms with Crippen molar-refractivity contribution < 1.29 is 13.5 Å². The highest BCUT2D eigenvalue weighted by Gasteiger charge is 2.18. The standard InChI is InChI=1S/C4H7F2NO/c5-3-1-8-2-4(6)7-3/h3-4,7H,1-2H2. The average molecular weight is 123 g/mol. The highest BCUT2D eigenvalue weighted by atomic mass is 19.2. The molecule has 0 radical (unpaired) electrons. The van der Waals surface area contributed by atoms with Gasteiger partial charge in [-0.3, -0.25) is 5.32 Å². The second kappa shape index (κ2) is 2.37. The van der Waals surface area contributed by atoms with E-state index in [4.69, 9.17) is 0 Å². The molecule has 1 saturated heterocycles. The summed E-state index contributed by atoms with van der Waals surface area (Å²) in [6, 6.07) is 0. The predicted octanol–water partition coefficient (Wildman–Crippen LogP) is 0.197. The summed E-state index contributed by atoms with van der Waals surface area (Å²) in [5.41, 5.74) is 0. The largest absolute Gasteiger partial charge is 0.373 e. The van der Waals surface area contributed by atoms with Crippen LogP contribution in [-0.4, -0.2) is 25.8 Å². The van der Waals surface area contributed by atoms with Crippen molar-refractivity contribution >= 4 is 0 Å². The van der Waals surface area contributed by atoms with Crippen molar-refractivity contribution in [2.75, 3.05) is 13.2 Å². The molecule has 0 spiro atoms. The van der Waals surface area contributed by atoms with Gasteiger partial charge in [0.25, 0.3) is 0 Å². The maximum Gasteiger partial charge on any atom is 0.176 e. The van der Waals surface area contributed by atoms with Crippen LogP contribution in [-0.2, 0) is 4.74 Å². The summed E-state index contributed by atoms with van der Waals surface area (Å²) in [4.78, 5) is 0. The summed E-state index contributed by atoms with van der Waals surface area (Å²) in [5.74, 6) is 0. The number of halogens is 2. The van der Waals surface area contributed by atoms with Crippen LogP contribution >= 0.6 is 0 Å². The average Bonchev–Trinajstić information content (AvgIpc) is 1.64. The van der Waals surface area contributed by atoms with E-state index in [1.54, 1.807) is 0 Å². The van der Waals surface area contributed by atoms with E-state index in [2.05, 4.69) is 4.74 Å². The fourth-order valence-electron chi connectivity index (χ4n) is 0.567. The van der Waals surface area contributed by atoms with Crippen LogP contribution in [0.5, 0.6) is 0 Å². The zero-order valence-electron chi connectivity index (χ0n) is 4.23. The lowest BCUT2D eigenvalue weighted by Crippen LogP contribution is -2.43. The maximum absolute atomic E-state index is 12.0. The fraction of sp³-hybridized carbons (Fsp3) is 1.00. The molecule has 1 N–H and O–H groups in total. The third-order valence-electron chi connectivity index (χ3n) is 0.890. The number of alkyl halides is 2. The first kappa shape index (κ1) is 5.91. The predicted molar refractivity (Wildman–Crippen MR) is 23.7 cm³/mol. The topological polar surface area (TPSA) is 21.3 Å². The van der Waals surface area contributed by atoms with Gasteiger partial charge in [-0.05, 0) is 0 Å². The Kier molecular flexibility index (Phi) is 1.75. The second-order valence-corrected chi connectivity index (χ2v) is 1.64. The molecule has 1 heterocycles. The zero-order chi connectivity index (χ0) is 5.98. The SMILES string of the molecule is FC1COCC(F)N1. The van der Waals surface area contributed by atoms with Crippen molar-refractivity contribution in [1.82, 2.24) is 5.32 Å². The van der Waals surface area contributed by atoms with E-state index in [0.717, 1.165) is 0 Å². The molecule has 8 heavy (non-hydrogen) atoms. The Hall–Kier alpha value is -0.220. The van der Waals surface area contributed by atoms with Crippen molar-refractivity contribution in [3.63, 3.8) is 0 Å². The van der Waals surface area contributed by atoms with Gasteiger partial charge < -0.3 is 4.74 Å². The van der Waals surface area contributed by atoms with E-state index < -0.39 is 12.6 Å². The highest BCUT2D eigenvalue weighted by Crippen LogP contribution is 2.00. The number of nitrogens with one attached hydrogen (secondary N) is 1. The van der Waals surface area contributed by atoms with E-state index in [0.29, 0.717) is 0 Å². The molecule has 0 aliphatic carbocycles. The monoisotopic (exact) mass is 123 g/mol. The molecule has 0 aromatic carbocycles. The lowest BCUT2D eigenvalue weighted by Gasteiger charge is -2.20. The molecule has 0 aromatic rings. The Bertz CT molecular complexity index is 72.4. The van der Waals surface area contributed by atoms with Gasteiger partial charge in [-0.2, -0.15) is 0 Å². The van der Waals surface area contributed by atoms with Crippen LogP contribution in [0.3, 0.4) is 0 Å². The second-order valence-electron chi connectivity index (χ2n) is 1.64. The van der Waals surface area contributed by atoms with Crippen molar-refractivity contribution in [1.29, 1.82) is 0 Å². The van der Waals surface area contributed by atoms with Crippen LogP contribution in [0.1, 0.15) is 0 Å². The summed E-state index contributed by atoms with van der Waals surface area (Å²) in [6.45, 7) is -0.0825. The van der Waals surface area contributed by atoms with Crippen LogP contribution in [0.25, 0.3) is 0 Å². The molecule has 48 valence electrons. The van der Waals surface area contributed by atoms with Crippen molar-refractivity contribution in [3.05, 3.63) is 0 Å². The highest BCUT2D eigenvalue weighted by molar-refractivity contribution is 4.61. The van der Waals surface area contributed by atoms with Gasteiger partial charge in [0.05, 0.1) is 13.2 Å². The van der Waals surface area contributed by atoms with Gasteiger partial charge in [0.1, 0.15) is 0 Å². The third-order valence-corrected chi connectivity index (χ3v) is 0.890. The van der Waals surface area contributed by atoms with Gasteiger partial charge in [-0.25, -0.2) is 8.78 Å². The minimum absolute atomic E-state index is 0.0412. The lowest BCUT2D eigenvalue weighted by atomic mass is 10.5. The van der Waals surface area contributed by atoms with E-state index in [9.17, 15) is 8.78 Å². The number of hydrogen-bond donors (Lipinski definition) is 1. The van der Waals surface area contributed by atoms with Crippen molar-refractivity contribution in [3.8, 4) is 0 Å². The zero-order valence-corrected chi connectivity index (χ0v) is 4.23. The summed E-state index contributed by atoms with van der Waals surface area (Å²) < 4.78 is 28.4. The number of hydrogen-bond acceptors (Lipinski definition) is 2. The first-order chi connectivity index (χ1) is 3.79. The summed E-state index contributed by atoms with van der Waals surface area (Å²) in [7, 11) is 0. The molecule has 2 atom stereocenters. The Morgan fingerprint density at radius 3 is 2.00 bits per heavy atom. The lowest BCUT2D eigenvalue weighted by molar-refractivity contribution is -0.0366. The van der Waals surface area contributed by atoms with E-state index in [1.165, 1.54) is 0 Å². The molecule has 1 aliphatic heterocycles. The van der Waals surface area contributed by atoms with Gasteiger partial charge in [-0.1, -0.05) is 0 Å². The molecule has 0 amide bonds. The molecule has 1 rings (SSSR count). The summed E-state index contributed by atoms with van der Waals surface area (Å²) >= 11 is 0. The molecular weight excluding hydrogens is 116 g/mol. The number of ether oxygens (including phenoxy) is 1. The van der Waals surface area contributed by atoms with Crippen LogP contribution in [0.4, 0.5) is 8.78 Å². The molecule has 4 heteroatoms. The van der Waals surface area contributed by atoms with Gasteiger partial charge in [0, 0.05) is 0 Å². The first-order valence-electron chi connectivity index (χ1n) is 2.41. The number of morpholine rings is 1. The molecule has 0 saturated carbocycles. The van der Waals surface area contributed by atoms with E-state index in [1.807, 2.05) is 5.32 Å². The minimum atomic E-state index is -1.33. The minimum Gasteiger partial charge on any atom is -0.373 e. The Labute approximate surface area is 45.8 Å². The normalized spacial score (nSPS) is 39.8. The van der Waals surface area contributed by atoms with Crippen molar-refractivity contribution in [2.24, 2.45) is 0 Å². The molecule has 2 unspecified atom stereocenters. The molecule has 2 nitrogen and oxygen atoms in total. The van der Waals surface area contributed by atoms with Crippen LogP contribution < -0.4 is 5.32 Å². The van der Waals surface area contributed by atoms with Gasteiger partial charge in [-0.15, -0.1) is 0 Å². The quantitative estimate of drug-likeness (QED) is 0.464. The van der Waals surface area contributed by atoms with Crippen LogP contribution in [0, 0.1) is 0 Å². The van der Waals surface area contributed by atoms with Gasteiger partial charge in [0.2, 0.25) is 0 Å². The molecule has 1 aliphatic rings. The molecule has 1 fully saturated rings. The van der Waals surface area contributed by atoms with E-state index >= 15 is 0 Å². The molecular formula is C4H7F2NO. The number of rotatable bonds is 0. The fourth-order valence-corrected chi connectivity index (χ4v) is 0.567. The van der Waals surface area contributed by atoms with Gasteiger partial charge in [0.15, 0.2) is 12.6 Å². The molecule has 0 bridgehead atoms. The maximum atomic E-state index is 12.0. The van der Waals surface area contributed by atoms with Crippen molar-refractivity contribution in [2.45, 2.75) is 12.6 Å². The third kappa shape index (κ3) is 1.38. The first-order valence-corrected chi connectivity index (χ1v) is 2.41. The Morgan fingerprint density at radius 2 is 1.75 bits per heavy atom. The van der Waals surface area contributed by atoms with E-state index in [-0.39, 0.29) is 13.2 Å². The van der Waals surface area contributed by atoms with Gasteiger partial charge >= 0.3 is 0 Å². The Balaban J connectivity index is 2.23.